The number of nitrogens with one attached hydrogen (secondary N) is 1. The van der Waals surface area contributed by atoms with Crippen molar-refractivity contribution in [3.8, 4) is 0 Å². The number of hydrogen-bond donors (Lipinski definition) is 1. The van der Waals surface area contributed by atoms with Crippen LogP contribution < -0.4 is 5.32 Å². The molecule has 0 bridgehead atoms. The minimum atomic E-state index is -0.0164. The summed E-state index contributed by atoms with van der Waals surface area (Å²) in [5, 5.41) is 3.12. The Morgan fingerprint density at radius 3 is 2.75 bits per heavy atom. The molecule has 3 nitrogen and oxygen atoms in total. The van der Waals surface area contributed by atoms with Crippen LogP contribution in [0.5, 0.6) is 0 Å². The molecule has 1 N–H and O–H groups in total. The highest BCUT2D eigenvalue weighted by Gasteiger charge is 2.31. The van der Waals surface area contributed by atoms with Crippen molar-refractivity contribution in [3.63, 3.8) is 0 Å². The Morgan fingerprint density at radius 2 is 2.05 bits per heavy atom. The Kier molecular flexibility index (Phi) is 3.98. The minimum Gasteiger partial charge on any atom is -0.308 e. The number of aryl methyl sites for hydroxylation is 1. The predicted molar refractivity (Wildman–Crippen MR) is 86.4 cm³/mol. The van der Waals surface area contributed by atoms with Gasteiger partial charge in [0.05, 0.1) is 0 Å². The van der Waals surface area contributed by atoms with E-state index < -0.39 is 0 Å². The number of rotatable bonds is 2. The van der Waals surface area contributed by atoms with Crippen LogP contribution in [-0.4, -0.2) is 23.2 Å². The first kappa shape index (κ1) is 13.5. The largest absolute Gasteiger partial charge is 0.323 e. The van der Waals surface area contributed by atoms with Crippen LogP contribution in [0.3, 0.4) is 0 Å². The predicted octanol–water partition coefficient (Wildman–Crippen LogP) is 4.34. The van der Waals surface area contributed by atoms with Crippen molar-refractivity contribution in [3.05, 3.63) is 52.2 Å². The van der Waals surface area contributed by atoms with Crippen LogP contribution in [0.1, 0.15) is 15.1 Å². The van der Waals surface area contributed by atoms with Gasteiger partial charge in [-0.2, -0.15) is 0 Å². The second-order valence-electron chi connectivity index (χ2n) is 4.66. The molecule has 20 heavy (non-hydrogen) atoms. The van der Waals surface area contributed by atoms with Crippen molar-refractivity contribution in [2.75, 3.05) is 17.6 Å². The molecule has 1 atom stereocenters. The molecule has 1 aromatic carbocycles. The van der Waals surface area contributed by atoms with E-state index in [-0.39, 0.29) is 11.4 Å². The summed E-state index contributed by atoms with van der Waals surface area (Å²) >= 11 is 3.60. The standard InChI is InChI=1S/C15H16N2OS2/c1-11-7-8-13(20-11)14-17(9-10-19-14)15(18)16-12-5-3-2-4-6-12/h2-8,14H,9-10H2,1H3,(H,16,18). The summed E-state index contributed by atoms with van der Waals surface area (Å²) in [6, 6.07) is 13.8. The maximum atomic E-state index is 12.4. The van der Waals surface area contributed by atoms with Gasteiger partial charge in [0, 0.05) is 27.7 Å². The van der Waals surface area contributed by atoms with Crippen molar-refractivity contribution in [1.82, 2.24) is 4.90 Å². The third-order valence-corrected chi connectivity index (χ3v) is 5.63. The third-order valence-electron chi connectivity index (χ3n) is 3.18. The highest BCUT2D eigenvalue weighted by atomic mass is 32.2. The fourth-order valence-corrected chi connectivity index (χ4v) is 4.59. The minimum absolute atomic E-state index is 0.0164. The van der Waals surface area contributed by atoms with Crippen LogP contribution in [0.2, 0.25) is 0 Å². The zero-order chi connectivity index (χ0) is 13.9. The number of hydrogen-bond acceptors (Lipinski definition) is 3. The van der Waals surface area contributed by atoms with Crippen molar-refractivity contribution in [1.29, 1.82) is 0 Å². The Morgan fingerprint density at radius 1 is 1.25 bits per heavy atom. The first-order chi connectivity index (χ1) is 9.74. The summed E-state index contributed by atoms with van der Waals surface area (Å²) in [5.74, 6) is 0.990. The molecule has 0 radical (unpaired) electrons. The summed E-state index contributed by atoms with van der Waals surface area (Å²) in [5.41, 5.74) is 0.843. The molecule has 1 aliphatic heterocycles. The van der Waals surface area contributed by atoms with Crippen LogP contribution in [0, 0.1) is 6.92 Å². The molecular weight excluding hydrogens is 288 g/mol. The van der Waals surface area contributed by atoms with Crippen molar-refractivity contribution >= 4 is 34.8 Å². The molecule has 1 saturated heterocycles. The SMILES string of the molecule is Cc1ccc(C2SCCN2C(=O)Nc2ccccc2)s1. The lowest BCUT2D eigenvalue weighted by molar-refractivity contribution is 0.215. The zero-order valence-electron chi connectivity index (χ0n) is 11.2. The number of anilines is 1. The number of thioether (sulfide) groups is 1. The Balaban J connectivity index is 1.73. The van der Waals surface area contributed by atoms with Crippen molar-refractivity contribution in [2.24, 2.45) is 0 Å². The zero-order valence-corrected chi connectivity index (χ0v) is 12.8. The molecule has 2 amide bonds. The molecule has 3 rings (SSSR count). The lowest BCUT2D eigenvalue weighted by Gasteiger charge is -2.23. The maximum absolute atomic E-state index is 12.4. The first-order valence-electron chi connectivity index (χ1n) is 6.54. The second kappa shape index (κ2) is 5.89. The van der Waals surface area contributed by atoms with Gasteiger partial charge in [0.25, 0.3) is 0 Å². The quantitative estimate of drug-likeness (QED) is 0.895. The van der Waals surface area contributed by atoms with Crippen LogP contribution >= 0.6 is 23.1 Å². The number of carbonyl (C=O) groups excluding carboxylic acids is 1. The lowest BCUT2D eigenvalue weighted by atomic mass is 10.3. The smallest absolute Gasteiger partial charge is 0.308 e. The van der Waals surface area contributed by atoms with E-state index in [1.54, 1.807) is 11.3 Å². The van der Waals surface area contributed by atoms with Crippen molar-refractivity contribution < 1.29 is 4.79 Å². The summed E-state index contributed by atoms with van der Waals surface area (Å²) < 4.78 is 0. The molecule has 0 saturated carbocycles. The van der Waals surface area contributed by atoms with Gasteiger partial charge in [-0.3, -0.25) is 0 Å². The van der Waals surface area contributed by atoms with Crippen molar-refractivity contribution in [2.45, 2.75) is 12.3 Å². The topological polar surface area (TPSA) is 32.3 Å². The van der Waals surface area contributed by atoms with E-state index in [1.807, 2.05) is 47.0 Å². The number of benzene rings is 1. The highest BCUT2D eigenvalue weighted by molar-refractivity contribution is 7.99. The molecule has 1 unspecified atom stereocenters. The average molecular weight is 304 g/mol. The van der Waals surface area contributed by atoms with E-state index in [1.165, 1.54) is 9.75 Å². The monoisotopic (exact) mass is 304 g/mol. The average Bonchev–Trinajstić information content (AvgIpc) is 3.08. The van der Waals surface area contributed by atoms with Gasteiger partial charge in [0.1, 0.15) is 5.37 Å². The summed E-state index contributed by atoms with van der Waals surface area (Å²) in [7, 11) is 0. The fraction of sp³-hybridized carbons (Fsp3) is 0.267. The van der Waals surface area contributed by atoms with Gasteiger partial charge in [0.2, 0.25) is 0 Å². The number of thiophene rings is 1. The van der Waals surface area contributed by atoms with Crippen LogP contribution in [-0.2, 0) is 0 Å². The molecule has 1 fully saturated rings. The molecule has 0 spiro atoms. The van der Waals surface area contributed by atoms with E-state index in [0.717, 1.165) is 18.0 Å². The molecule has 5 heteroatoms. The molecular formula is C15H16N2OS2. The van der Waals surface area contributed by atoms with Crippen LogP contribution in [0.4, 0.5) is 10.5 Å². The Bertz CT molecular complexity index is 597. The van der Waals surface area contributed by atoms with Crippen LogP contribution in [0.15, 0.2) is 42.5 Å². The van der Waals surface area contributed by atoms with E-state index in [9.17, 15) is 4.79 Å². The van der Waals surface area contributed by atoms with E-state index in [0.29, 0.717) is 0 Å². The summed E-state index contributed by atoms with van der Waals surface area (Å²) in [6.45, 7) is 2.90. The summed E-state index contributed by atoms with van der Waals surface area (Å²) in [6.07, 6.45) is 0. The van der Waals surface area contributed by atoms with E-state index >= 15 is 0 Å². The molecule has 1 aliphatic rings. The molecule has 2 aromatic rings. The summed E-state index contributed by atoms with van der Waals surface area (Å²) in [4.78, 5) is 16.9. The lowest BCUT2D eigenvalue weighted by Crippen LogP contribution is -2.34. The van der Waals surface area contributed by atoms with Gasteiger partial charge in [-0.1, -0.05) is 18.2 Å². The number of amides is 2. The Hall–Kier alpha value is -1.46. The molecule has 0 aliphatic carbocycles. The van der Waals surface area contributed by atoms with Gasteiger partial charge in [-0.05, 0) is 31.2 Å². The number of carbonyl (C=O) groups is 1. The van der Waals surface area contributed by atoms with E-state index in [2.05, 4.69) is 24.4 Å². The second-order valence-corrected chi connectivity index (χ2v) is 7.17. The maximum Gasteiger partial charge on any atom is 0.323 e. The number of urea groups is 1. The van der Waals surface area contributed by atoms with Gasteiger partial charge >= 0.3 is 6.03 Å². The molecule has 2 heterocycles. The molecule has 104 valence electrons. The van der Waals surface area contributed by atoms with Crippen LogP contribution in [0.25, 0.3) is 0 Å². The molecule has 1 aromatic heterocycles. The first-order valence-corrected chi connectivity index (χ1v) is 8.41. The fourth-order valence-electron chi connectivity index (χ4n) is 2.22. The van der Waals surface area contributed by atoms with E-state index in [4.69, 9.17) is 0 Å². The highest BCUT2D eigenvalue weighted by Crippen LogP contribution is 2.41. The number of nitrogens with zero attached hydrogens (tertiary/aromatic N) is 1. The van der Waals surface area contributed by atoms with Gasteiger partial charge in [-0.25, -0.2) is 4.79 Å². The van der Waals surface area contributed by atoms with Gasteiger partial charge in [0.15, 0.2) is 0 Å². The van der Waals surface area contributed by atoms with Gasteiger partial charge in [-0.15, -0.1) is 23.1 Å². The third kappa shape index (κ3) is 2.83. The van der Waals surface area contributed by atoms with Gasteiger partial charge < -0.3 is 10.2 Å². The number of para-hydroxylation sites is 1. The Labute approximate surface area is 127 Å². The normalized spacial score (nSPS) is 18.2.